The molecule has 2 aliphatic rings. The maximum absolute atomic E-state index is 12.5. The van der Waals surface area contributed by atoms with E-state index in [0.717, 1.165) is 37.8 Å². The summed E-state index contributed by atoms with van der Waals surface area (Å²) in [7, 11) is 0. The van der Waals surface area contributed by atoms with Crippen LogP contribution in [-0.2, 0) is 9.53 Å². The third-order valence-electron chi connectivity index (χ3n) is 4.56. The molecule has 6 heteroatoms. The van der Waals surface area contributed by atoms with E-state index in [4.69, 9.17) is 4.74 Å². The van der Waals surface area contributed by atoms with E-state index in [1.54, 1.807) is 18.0 Å². The van der Waals surface area contributed by atoms with Gasteiger partial charge in [0.2, 0.25) is 5.91 Å². The summed E-state index contributed by atoms with van der Waals surface area (Å²) in [5.74, 6) is 0.716. The number of hydrogen-bond donors (Lipinski definition) is 0. The zero-order valence-electron chi connectivity index (χ0n) is 15.5. The van der Waals surface area contributed by atoms with Crippen LogP contribution < -0.4 is 4.90 Å². The van der Waals surface area contributed by atoms with Crippen LogP contribution in [-0.4, -0.2) is 40.1 Å². The van der Waals surface area contributed by atoms with Crippen LogP contribution in [0.25, 0.3) is 0 Å². The van der Waals surface area contributed by atoms with Crippen LogP contribution in [0.2, 0.25) is 0 Å². The number of nitrogens with zero attached hydrogens (tertiary/aromatic N) is 3. The molecule has 2 heterocycles. The number of anilines is 1. The van der Waals surface area contributed by atoms with Crippen LogP contribution >= 0.6 is 0 Å². The van der Waals surface area contributed by atoms with Gasteiger partial charge in [-0.25, -0.2) is 9.78 Å². The molecule has 0 N–H and O–H groups in total. The smallest absolute Gasteiger partial charge is 0.416 e. The fourth-order valence-electron chi connectivity index (χ4n) is 3.30. The average molecular weight is 345 g/mol. The second-order valence-corrected chi connectivity index (χ2v) is 7.90. The first kappa shape index (κ1) is 17.7. The lowest BCUT2D eigenvalue weighted by Gasteiger charge is -2.27. The molecule has 1 saturated heterocycles. The second-order valence-electron chi connectivity index (χ2n) is 7.90. The van der Waals surface area contributed by atoms with E-state index in [1.165, 1.54) is 0 Å². The largest absolute Gasteiger partial charge is 0.443 e. The summed E-state index contributed by atoms with van der Waals surface area (Å²) in [6.07, 6.45) is 5.37. The van der Waals surface area contributed by atoms with E-state index in [9.17, 15) is 9.59 Å². The Hall–Kier alpha value is -2.11. The maximum Gasteiger partial charge on any atom is 0.416 e. The first-order valence-electron chi connectivity index (χ1n) is 9.01. The Balaban J connectivity index is 1.78. The molecule has 1 aromatic heterocycles. The molecule has 1 saturated carbocycles. The fraction of sp³-hybridized carbons (Fsp3) is 0.632. The molecule has 1 atom stereocenters. The summed E-state index contributed by atoms with van der Waals surface area (Å²) in [5.41, 5.74) is 0.493. The molecule has 1 unspecified atom stereocenters. The van der Waals surface area contributed by atoms with Crippen molar-refractivity contribution in [2.45, 2.75) is 71.1 Å². The first-order chi connectivity index (χ1) is 11.8. The van der Waals surface area contributed by atoms with Crippen LogP contribution in [0.5, 0.6) is 0 Å². The molecule has 2 fully saturated rings. The summed E-state index contributed by atoms with van der Waals surface area (Å²) in [6.45, 7) is 8.00. The van der Waals surface area contributed by atoms with Crippen LogP contribution in [0.4, 0.5) is 10.6 Å². The number of ether oxygens (including phenoxy) is 1. The molecule has 3 rings (SSSR count). The zero-order valence-corrected chi connectivity index (χ0v) is 15.5. The van der Waals surface area contributed by atoms with Crippen molar-refractivity contribution in [1.29, 1.82) is 0 Å². The highest BCUT2D eigenvalue weighted by Crippen LogP contribution is 2.35. The normalized spacial score (nSPS) is 20.5. The molecule has 1 aromatic rings. The number of pyridine rings is 1. The molecule has 0 bridgehead atoms. The first-order valence-corrected chi connectivity index (χ1v) is 9.01. The SMILES string of the molecule is CC(=O)N1CCCC1c1ccc(N(C(=O)OC(C)(C)C)C2CC2)nc1. The van der Waals surface area contributed by atoms with Crippen molar-refractivity contribution < 1.29 is 14.3 Å². The van der Waals surface area contributed by atoms with E-state index in [0.29, 0.717) is 5.82 Å². The van der Waals surface area contributed by atoms with E-state index < -0.39 is 5.60 Å². The zero-order chi connectivity index (χ0) is 18.2. The van der Waals surface area contributed by atoms with Gasteiger partial charge in [0, 0.05) is 25.7 Å². The van der Waals surface area contributed by atoms with Gasteiger partial charge in [-0.15, -0.1) is 0 Å². The van der Waals surface area contributed by atoms with E-state index >= 15 is 0 Å². The third kappa shape index (κ3) is 4.11. The average Bonchev–Trinajstić information content (AvgIpc) is 3.21. The van der Waals surface area contributed by atoms with Crippen molar-refractivity contribution in [3.8, 4) is 0 Å². The van der Waals surface area contributed by atoms with Gasteiger partial charge in [-0.1, -0.05) is 6.07 Å². The Labute approximate surface area is 149 Å². The Morgan fingerprint density at radius 1 is 1.24 bits per heavy atom. The highest BCUT2D eigenvalue weighted by atomic mass is 16.6. The summed E-state index contributed by atoms with van der Waals surface area (Å²) in [6, 6.07) is 4.12. The molecular formula is C19H27N3O3. The number of hydrogen-bond acceptors (Lipinski definition) is 4. The quantitative estimate of drug-likeness (QED) is 0.838. The van der Waals surface area contributed by atoms with Gasteiger partial charge in [0.05, 0.1) is 6.04 Å². The number of carbonyl (C=O) groups is 2. The number of rotatable bonds is 3. The number of aromatic nitrogens is 1. The predicted molar refractivity (Wildman–Crippen MR) is 95.3 cm³/mol. The Kier molecular flexibility index (Phi) is 4.71. The molecular weight excluding hydrogens is 318 g/mol. The standard InChI is InChI=1S/C19H27N3O3/c1-13(23)21-11-5-6-16(21)14-7-10-17(20-12-14)22(15-8-9-15)18(24)25-19(2,3)4/h7,10,12,15-16H,5-6,8-9,11H2,1-4H3. The van der Waals surface area contributed by atoms with Gasteiger partial charge < -0.3 is 9.64 Å². The Bertz CT molecular complexity index is 647. The molecule has 6 nitrogen and oxygen atoms in total. The number of carbonyl (C=O) groups excluding carboxylic acids is 2. The highest BCUT2D eigenvalue weighted by Gasteiger charge is 2.37. The molecule has 1 aliphatic carbocycles. The maximum atomic E-state index is 12.5. The highest BCUT2D eigenvalue weighted by molar-refractivity contribution is 5.88. The van der Waals surface area contributed by atoms with E-state index in [-0.39, 0.29) is 24.1 Å². The van der Waals surface area contributed by atoms with Crippen molar-refractivity contribution in [2.75, 3.05) is 11.4 Å². The topological polar surface area (TPSA) is 62.7 Å². The van der Waals surface area contributed by atoms with Crippen molar-refractivity contribution in [1.82, 2.24) is 9.88 Å². The fourth-order valence-corrected chi connectivity index (χ4v) is 3.30. The minimum absolute atomic E-state index is 0.0925. The van der Waals surface area contributed by atoms with E-state index in [2.05, 4.69) is 4.98 Å². The van der Waals surface area contributed by atoms with Gasteiger partial charge in [0.25, 0.3) is 0 Å². The van der Waals surface area contributed by atoms with Crippen molar-refractivity contribution in [3.05, 3.63) is 23.9 Å². The lowest BCUT2D eigenvalue weighted by molar-refractivity contribution is -0.129. The molecule has 136 valence electrons. The molecule has 2 amide bonds. The summed E-state index contributed by atoms with van der Waals surface area (Å²) < 4.78 is 5.53. The second kappa shape index (κ2) is 6.65. The third-order valence-corrected chi connectivity index (χ3v) is 4.56. The number of amides is 2. The van der Waals surface area contributed by atoms with Crippen LogP contribution in [0.3, 0.4) is 0 Å². The monoisotopic (exact) mass is 345 g/mol. The predicted octanol–water partition coefficient (Wildman–Crippen LogP) is 3.67. The van der Waals surface area contributed by atoms with Gasteiger partial charge in [0.1, 0.15) is 11.4 Å². The van der Waals surface area contributed by atoms with Gasteiger partial charge >= 0.3 is 6.09 Å². The molecule has 0 aromatic carbocycles. The van der Waals surface area contributed by atoms with Crippen LogP contribution in [0, 0.1) is 0 Å². The van der Waals surface area contributed by atoms with Gasteiger partial charge in [-0.3, -0.25) is 9.69 Å². The van der Waals surface area contributed by atoms with E-state index in [1.807, 2.05) is 37.8 Å². The summed E-state index contributed by atoms with van der Waals surface area (Å²) in [4.78, 5) is 32.4. The summed E-state index contributed by atoms with van der Waals surface area (Å²) in [5, 5.41) is 0. The Morgan fingerprint density at radius 2 is 1.96 bits per heavy atom. The molecule has 0 spiro atoms. The lowest BCUT2D eigenvalue weighted by atomic mass is 10.1. The van der Waals surface area contributed by atoms with Gasteiger partial charge in [-0.05, 0) is 58.1 Å². The Morgan fingerprint density at radius 3 is 2.48 bits per heavy atom. The van der Waals surface area contributed by atoms with Crippen LogP contribution in [0.1, 0.15) is 65.0 Å². The number of likely N-dealkylation sites (tertiary alicyclic amines) is 1. The van der Waals surface area contributed by atoms with Crippen molar-refractivity contribution in [3.63, 3.8) is 0 Å². The van der Waals surface area contributed by atoms with Gasteiger partial charge in [0.15, 0.2) is 0 Å². The van der Waals surface area contributed by atoms with Crippen molar-refractivity contribution in [2.24, 2.45) is 0 Å². The lowest BCUT2D eigenvalue weighted by Crippen LogP contribution is -2.38. The van der Waals surface area contributed by atoms with Gasteiger partial charge in [-0.2, -0.15) is 0 Å². The minimum atomic E-state index is -0.532. The molecule has 1 aliphatic heterocycles. The molecule has 0 radical (unpaired) electrons. The minimum Gasteiger partial charge on any atom is -0.443 e. The summed E-state index contributed by atoms with van der Waals surface area (Å²) >= 11 is 0. The van der Waals surface area contributed by atoms with Crippen molar-refractivity contribution >= 4 is 17.8 Å². The van der Waals surface area contributed by atoms with Crippen LogP contribution in [0.15, 0.2) is 18.3 Å². The molecule has 25 heavy (non-hydrogen) atoms.